The minimum absolute atomic E-state index is 0.0162. The van der Waals surface area contributed by atoms with Crippen LogP contribution in [-0.4, -0.2) is 121 Å². The second-order valence-electron chi connectivity index (χ2n) is 17.4. The number of hydrogen-bond donors (Lipinski definition) is 9. The number of nitrogens with two attached hydrogens (primary N) is 3. The van der Waals surface area contributed by atoms with Crippen LogP contribution in [0.2, 0.25) is 0 Å². The molecule has 2 saturated heterocycles. The zero-order chi connectivity index (χ0) is 48.2. The number of nitrogens with one attached hydrogen (secondary N) is 6. The zero-order valence-electron chi connectivity index (χ0n) is 37.7. The van der Waals surface area contributed by atoms with Gasteiger partial charge in [-0.2, -0.15) is 0 Å². The first-order chi connectivity index (χ1) is 32.1. The van der Waals surface area contributed by atoms with Crippen molar-refractivity contribution < 1.29 is 38.4 Å². The Hall–Kier alpha value is -7.16. The van der Waals surface area contributed by atoms with E-state index in [4.69, 9.17) is 17.2 Å². The van der Waals surface area contributed by atoms with Crippen molar-refractivity contribution in [2.45, 2.75) is 120 Å². The third-order valence-corrected chi connectivity index (χ3v) is 12.5. The Morgan fingerprint density at radius 2 is 1.57 bits per heavy atom. The molecule has 0 bridgehead atoms. The van der Waals surface area contributed by atoms with Crippen LogP contribution in [0.5, 0.6) is 0 Å². The molecule has 0 aliphatic carbocycles. The summed E-state index contributed by atoms with van der Waals surface area (Å²) < 4.78 is 1.61. The summed E-state index contributed by atoms with van der Waals surface area (Å²) in [7, 11) is 0. The Kier molecular flexibility index (Phi) is 16.8. The Labute approximate surface area is 387 Å². The molecule has 4 heterocycles. The number of H-pyrrole nitrogens is 1. The summed E-state index contributed by atoms with van der Waals surface area (Å²) in [5.74, 6) is -6.75. The number of benzene rings is 2. The molecule has 6 rings (SSSR count). The molecule has 0 saturated carbocycles. The lowest BCUT2D eigenvalue weighted by Gasteiger charge is -2.33. The van der Waals surface area contributed by atoms with Crippen molar-refractivity contribution in [1.82, 2.24) is 51.5 Å². The fraction of sp³-hybridized carbons (Fsp3) is 0.478. The van der Waals surface area contributed by atoms with E-state index in [1.165, 1.54) is 4.90 Å². The Morgan fingerprint density at radius 1 is 0.851 bits per heavy atom. The predicted molar refractivity (Wildman–Crippen MR) is 245 cm³/mol. The highest BCUT2D eigenvalue weighted by Crippen LogP contribution is 2.30. The van der Waals surface area contributed by atoms with Gasteiger partial charge in [-0.3, -0.25) is 38.4 Å². The van der Waals surface area contributed by atoms with Crippen LogP contribution in [0.4, 0.5) is 0 Å². The maximum Gasteiger partial charge on any atom is 0.246 e. The molecular formula is C46H61N13O8. The first-order valence-electron chi connectivity index (χ1n) is 22.7. The normalized spacial score (nSPS) is 24.7. The van der Waals surface area contributed by atoms with Gasteiger partial charge in [0.05, 0.1) is 30.6 Å². The first kappa shape index (κ1) is 49.3. The topological polar surface area (TPSA) is 325 Å². The summed E-state index contributed by atoms with van der Waals surface area (Å²) >= 11 is 0. The lowest BCUT2D eigenvalue weighted by atomic mass is 9.96. The van der Waals surface area contributed by atoms with E-state index in [1.807, 2.05) is 54.6 Å². The van der Waals surface area contributed by atoms with E-state index in [1.54, 1.807) is 30.9 Å². The second kappa shape index (κ2) is 22.8. The van der Waals surface area contributed by atoms with E-state index in [0.717, 1.165) is 16.5 Å². The summed E-state index contributed by atoms with van der Waals surface area (Å²) in [6, 6.07) is 8.80. The molecule has 2 aromatic carbocycles. The molecule has 8 atom stereocenters. The van der Waals surface area contributed by atoms with Crippen molar-refractivity contribution in [3.05, 3.63) is 83.8 Å². The van der Waals surface area contributed by atoms with Gasteiger partial charge in [0.25, 0.3) is 0 Å². The highest BCUT2D eigenvalue weighted by atomic mass is 16.2. The molecule has 4 aromatic rings. The molecule has 21 heteroatoms. The Morgan fingerprint density at radius 3 is 2.30 bits per heavy atom. The Balaban J connectivity index is 1.36. The second-order valence-corrected chi connectivity index (χ2v) is 17.4. The number of aromatic amines is 1. The molecule has 8 amide bonds. The van der Waals surface area contributed by atoms with Gasteiger partial charge in [-0.15, -0.1) is 5.10 Å². The quantitative estimate of drug-likeness (QED) is 0.0905. The summed E-state index contributed by atoms with van der Waals surface area (Å²) in [6.07, 6.45) is 4.83. The minimum atomic E-state index is -1.57. The van der Waals surface area contributed by atoms with Gasteiger partial charge in [0, 0.05) is 49.2 Å². The molecule has 12 N–H and O–H groups in total. The lowest BCUT2D eigenvalue weighted by molar-refractivity contribution is -0.143. The number of primary amides is 2. The third-order valence-electron chi connectivity index (χ3n) is 12.5. The smallest absolute Gasteiger partial charge is 0.246 e. The minimum Gasteiger partial charge on any atom is -0.370 e. The average Bonchev–Trinajstić information content (AvgIpc) is 4.08. The van der Waals surface area contributed by atoms with E-state index in [2.05, 4.69) is 41.9 Å². The van der Waals surface area contributed by atoms with E-state index < -0.39 is 108 Å². The largest absolute Gasteiger partial charge is 0.370 e. The van der Waals surface area contributed by atoms with Gasteiger partial charge in [0.15, 0.2) is 0 Å². The number of amides is 8. The zero-order valence-corrected chi connectivity index (χ0v) is 37.7. The number of aromatic nitrogens is 4. The van der Waals surface area contributed by atoms with Crippen molar-refractivity contribution in [2.75, 3.05) is 13.1 Å². The maximum atomic E-state index is 15.0. The molecule has 2 aromatic heterocycles. The van der Waals surface area contributed by atoms with Gasteiger partial charge < -0.3 is 53.7 Å². The number of carbonyl (C=O) groups excluding carboxylic acids is 8. The van der Waals surface area contributed by atoms with Crippen LogP contribution in [0.1, 0.15) is 81.7 Å². The summed E-state index contributed by atoms with van der Waals surface area (Å²) in [4.78, 5) is 114. The van der Waals surface area contributed by atoms with Gasteiger partial charge >= 0.3 is 0 Å². The van der Waals surface area contributed by atoms with E-state index in [-0.39, 0.29) is 32.4 Å². The van der Waals surface area contributed by atoms with Gasteiger partial charge in [0.1, 0.15) is 30.2 Å². The van der Waals surface area contributed by atoms with Crippen LogP contribution in [-0.2, 0) is 57.6 Å². The average molecular weight is 924 g/mol. The molecule has 2 aliphatic heterocycles. The number of carbonyl (C=O) groups is 8. The maximum absolute atomic E-state index is 15.0. The van der Waals surface area contributed by atoms with Crippen molar-refractivity contribution in [1.29, 1.82) is 0 Å². The highest BCUT2D eigenvalue weighted by Gasteiger charge is 2.45. The number of para-hydroxylation sites is 1. The summed E-state index contributed by atoms with van der Waals surface area (Å²) in [5, 5.41) is 23.0. The third kappa shape index (κ3) is 13.0. The van der Waals surface area contributed by atoms with Crippen molar-refractivity contribution in [3.63, 3.8) is 0 Å². The molecule has 0 spiro atoms. The molecular weight excluding hydrogens is 863 g/mol. The van der Waals surface area contributed by atoms with Gasteiger partial charge in [-0.1, -0.05) is 74.0 Å². The fourth-order valence-corrected chi connectivity index (χ4v) is 8.45. The highest BCUT2D eigenvalue weighted by molar-refractivity contribution is 5.99. The SMILES string of the molecule is CC[C@H](C)[C@@H]1NC(=O)[C@H](CC(N)=O)NC(=O)[C@@H](N)CC(=O)NCCCC[C@@H](C(N)=O)NC(=O)[C@H](Cc2c[nH]c3ccccc23)NC(=O)[C@@H]2C[C@H](n3cc(CCc4ccccc4)nn3)CN2C1=O. The van der Waals surface area contributed by atoms with Crippen molar-refractivity contribution in [2.24, 2.45) is 23.1 Å². The molecule has 358 valence electrons. The van der Waals surface area contributed by atoms with Crippen LogP contribution in [0.3, 0.4) is 0 Å². The van der Waals surface area contributed by atoms with Crippen LogP contribution >= 0.6 is 0 Å². The van der Waals surface area contributed by atoms with Crippen LogP contribution in [0.15, 0.2) is 67.0 Å². The summed E-state index contributed by atoms with van der Waals surface area (Å²) in [5.41, 5.74) is 20.6. The predicted octanol–water partition coefficient (Wildman–Crippen LogP) is -0.707. The molecule has 2 fully saturated rings. The summed E-state index contributed by atoms with van der Waals surface area (Å²) in [6.45, 7) is 3.60. The number of fused-ring (bicyclic) bond motifs is 2. The monoisotopic (exact) mass is 923 g/mol. The first-order valence-corrected chi connectivity index (χ1v) is 22.7. The van der Waals surface area contributed by atoms with Crippen molar-refractivity contribution >= 4 is 58.2 Å². The van der Waals surface area contributed by atoms with Gasteiger partial charge in [0.2, 0.25) is 47.3 Å². The number of aryl methyl sites for hydroxylation is 2. The van der Waals surface area contributed by atoms with E-state index >= 15 is 0 Å². The number of nitrogens with zero attached hydrogens (tertiary/aromatic N) is 4. The lowest BCUT2D eigenvalue weighted by Crippen LogP contribution is -2.60. The molecule has 0 radical (unpaired) electrons. The molecule has 0 unspecified atom stereocenters. The Bertz CT molecular complexity index is 2420. The van der Waals surface area contributed by atoms with Gasteiger partial charge in [-0.25, -0.2) is 4.68 Å². The van der Waals surface area contributed by atoms with E-state index in [9.17, 15) is 38.4 Å². The molecule has 2 aliphatic rings. The van der Waals surface area contributed by atoms with Gasteiger partial charge in [-0.05, 0) is 55.2 Å². The van der Waals surface area contributed by atoms with E-state index in [0.29, 0.717) is 43.4 Å². The molecule has 67 heavy (non-hydrogen) atoms. The van der Waals surface area contributed by atoms with Crippen LogP contribution < -0.4 is 43.8 Å². The van der Waals surface area contributed by atoms with Crippen LogP contribution in [0, 0.1) is 5.92 Å². The standard InChI is InChI=1S/C46H61N13O8/c1-3-26(2)40-46(67)58-25-30(59-24-29(56-57-59)17-16-27-11-5-4-6-12-27)20-37(58)45(66)54-35(19-28-23-51-33-14-8-7-13-31(28)33)43(64)52-34(41(49)62)15-9-10-18-50-39(61)21-32(47)42(63)53-36(22-38(48)60)44(65)55-40/h4-8,11-14,23-24,26,30,32,34-37,40,51H,3,9-10,15-22,25,47H2,1-2H3,(H2,48,60)(H2,49,62)(H,50,61)(H,52,64)(H,53,63)(H,54,66)(H,55,65)/t26-,30-,32-,34-,35-,36-,37-,40-/m0/s1. The number of rotatable bonds is 11. The van der Waals surface area contributed by atoms with Crippen molar-refractivity contribution in [3.8, 4) is 0 Å². The molecule has 21 nitrogen and oxygen atoms in total. The number of hydrogen-bond acceptors (Lipinski definition) is 11. The van der Waals surface area contributed by atoms with Crippen LogP contribution in [0.25, 0.3) is 10.9 Å². The fourth-order valence-electron chi connectivity index (χ4n) is 8.45.